The molecule has 2 aromatic heterocycles. The molecule has 1 atom stereocenters. The van der Waals surface area contributed by atoms with Gasteiger partial charge in [0.05, 0.1) is 7.05 Å². The molecule has 3 heterocycles. The second kappa shape index (κ2) is 5.74. The fourth-order valence-electron chi connectivity index (χ4n) is 2.38. The second-order valence-corrected chi connectivity index (χ2v) is 5.64. The topological polar surface area (TPSA) is 100 Å². The van der Waals surface area contributed by atoms with E-state index in [0.717, 1.165) is 5.01 Å². The SMILES string of the molecule is Cn1nnc(C(c2nccs2)N2CCN(C(=O)O)CC2)n1. The maximum absolute atomic E-state index is 11.0. The minimum atomic E-state index is -0.877. The number of nitrogens with zero attached hydrogens (tertiary/aromatic N) is 7. The molecule has 3 rings (SSSR count). The van der Waals surface area contributed by atoms with Crippen molar-refractivity contribution in [3.63, 3.8) is 0 Å². The largest absolute Gasteiger partial charge is 0.465 e. The average molecular weight is 309 g/mol. The Morgan fingerprint density at radius 2 is 2.14 bits per heavy atom. The van der Waals surface area contributed by atoms with Gasteiger partial charge in [-0.05, 0) is 5.21 Å². The molecule has 9 nitrogen and oxygen atoms in total. The van der Waals surface area contributed by atoms with Gasteiger partial charge in [-0.15, -0.1) is 21.5 Å². The Morgan fingerprint density at radius 3 is 2.67 bits per heavy atom. The molecule has 0 aromatic carbocycles. The van der Waals surface area contributed by atoms with Crippen LogP contribution in [-0.2, 0) is 7.05 Å². The van der Waals surface area contributed by atoms with Gasteiger partial charge in [0.2, 0.25) is 0 Å². The minimum Gasteiger partial charge on any atom is -0.465 e. The van der Waals surface area contributed by atoms with E-state index in [4.69, 9.17) is 5.11 Å². The third-order valence-corrected chi connectivity index (χ3v) is 4.23. The molecular weight excluding hydrogens is 294 g/mol. The van der Waals surface area contributed by atoms with Crippen LogP contribution < -0.4 is 0 Å². The van der Waals surface area contributed by atoms with Gasteiger partial charge in [0, 0.05) is 37.8 Å². The number of carbonyl (C=O) groups is 1. The summed E-state index contributed by atoms with van der Waals surface area (Å²) < 4.78 is 0. The van der Waals surface area contributed by atoms with Crippen LogP contribution in [0.3, 0.4) is 0 Å². The van der Waals surface area contributed by atoms with E-state index in [1.807, 2.05) is 5.38 Å². The minimum absolute atomic E-state index is 0.172. The number of aromatic nitrogens is 5. The summed E-state index contributed by atoms with van der Waals surface area (Å²) in [6.45, 7) is 2.18. The maximum Gasteiger partial charge on any atom is 0.407 e. The van der Waals surface area contributed by atoms with Crippen LogP contribution >= 0.6 is 11.3 Å². The number of rotatable bonds is 3. The molecule has 1 aliphatic rings. The lowest BCUT2D eigenvalue weighted by molar-refractivity contribution is 0.0914. The zero-order valence-corrected chi connectivity index (χ0v) is 12.3. The standard InChI is InChI=1S/C11H15N7O2S/c1-16-14-9(13-15-16)8(10-12-2-7-21-10)17-3-5-18(6-4-17)11(19)20/h2,7-8H,3-6H2,1H3,(H,19,20). The number of piperazine rings is 1. The van der Waals surface area contributed by atoms with Crippen LogP contribution in [0.4, 0.5) is 4.79 Å². The van der Waals surface area contributed by atoms with Gasteiger partial charge in [-0.2, -0.15) is 4.80 Å². The van der Waals surface area contributed by atoms with Crippen LogP contribution in [0, 0.1) is 0 Å². The fourth-order valence-corrected chi connectivity index (χ4v) is 3.15. The van der Waals surface area contributed by atoms with Crippen molar-refractivity contribution < 1.29 is 9.90 Å². The van der Waals surface area contributed by atoms with Crippen molar-refractivity contribution in [1.82, 2.24) is 35.0 Å². The normalized spacial score (nSPS) is 17.9. The molecule has 1 saturated heterocycles. The van der Waals surface area contributed by atoms with Crippen LogP contribution in [0.25, 0.3) is 0 Å². The predicted molar refractivity (Wildman–Crippen MR) is 73.9 cm³/mol. The van der Waals surface area contributed by atoms with Crippen molar-refractivity contribution >= 4 is 17.4 Å². The summed E-state index contributed by atoms with van der Waals surface area (Å²) in [5.74, 6) is 0.594. The predicted octanol–water partition coefficient (Wildman–Crippen LogP) is 0.0516. The summed E-state index contributed by atoms with van der Waals surface area (Å²) >= 11 is 1.54. The number of hydrogen-bond donors (Lipinski definition) is 1. The van der Waals surface area contributed by atoms with Crippen LogP contribution in [-0.4, -0.2) is 72.4 Å². The van der Waals surface area contributed by atoms with Gasteiger partial charge >= 0.3 is 6.09 Å². The molecule has 1 N–H and O–H groups in total. The molecule has 2 aromatic rings. The zero-order chi connectivity index (χ0) is 14.8. The van der Waals surface area contributed by atoms with E-state index < -0.39 is 6.09 Å². The molecule has 112 valence electrons. The number of hydrogen-bond acceptors (Lipinski definition) is 7. The molecule has 1 aliphatic heterocycles. The van der Waals surface area contributed by atoms with Crippen molar-refractivity contribution in [2.75, 3.05) is 26.2 Å². The maximum atomic E-state index is 11.0. The van der Waals surface area contributed by atoms with Gasteiger partial charge < -0.3 is 10.0 Å². The van der Waals surface area contributed by atoms with Crippen molar-refractivity contribution in [1.29, 1.82) is 0 Å². The molecule has 0 saturated carbocycles. The Kier molecular flexibility index (Phi) is 3.80. The number of tetrazole rings is 1. The molecule has 1 fully saturated rings. The summed E-state index contributed by atoms with van der Waals surface area (Å²) in [5.41, 5.74) is 0. The van der Waals surface area contributed by atoms with Gasteiger partial charge in [-0.25, -0.2) is 9.78 Å². The monoisotopic (exact) mass is 309 g/mol. The van der Waals surface area contributed by atoms with Gasteiger partial charge in [-0.1, -0.05) is 0 Å². The van der Waals surface area contributed by atoms with Crippen LogP contribution in [0.15, 0.2) is 11.6 Å². The first-order chi connectivity index (χ1) is 10.1. The van der Waals surface area contributed by atoms with Gasteiger partial charge in [0.25, 0.3) is 0 Å². The Morgan fingerprint density at radius 1 is 1.38 bits per heavy atom. The Labute approximate surface area is 124 Å². The fraction of sp³-hybridized carbons (Fsp3) is 0.545. The Bertz CT molecular complexity index is 606. The lowest BCUT2D eigenvalue weighted by Gasteiger charge is -2.36. The van der Waals surface area contributed by atoms with E-state index in [1.165, 1.54) is 21.0 Å². The molecule has 0 radical (unpaired) electrons. The van der Waals surface area contributed by atoms with Crippen LogP contribution in [0.2, 0.25) is 0 Å². The number of aryl methyl sites for hydroxylation is 1. The third kappa shape index (κ3) is 2.85. The summed E-state index contributed by atoms with van der Waals surface area (Å²) in [6.07, 6.45) is 0.870. The third-order valence-electron chi connectivity index (χ3n) is 3.40. The molecule has 0 spiro atoms. The van der Waals surface area contributed by atoms with Crippen LogP contribution in [0.1, 0.15) is 16.9 Å². The van der Waals surface area contributed by atoms with E-state index in [-0.39, 0.29) is 6.04 Å². The van der Waals surface area contributed by atoms with E-state index in [1.54, 1.807) is 13.2 Å². The van der Waals surface area contributed by atoms with Gasteiger partial charge in [0.15, 0.2) is 5.82 Å². The summed E-state index contributed by atoms with van der Waals surface area (Å²) in [5, 5.41) is 24.1. The highest BCUT2D eigenvalue weighted by Crippen LogP contribution is 2.28. The smallest absolute Gasteiger partial charge is 0.407 e. The van der Waals surface area contributed by atoms with Crippen molar-refractivity contribution in [3.8, 4) is 0 Å². The first kappa shape index (κ1) is 13.9. The highest BCUT2D eigenvalue weighted by Gasteiger charge is 2.32. The first-order valence-corrected chi connectivity index (χ1v) is 7.38. The Hall–Kier alpha value is -2.07. The van der Waals surface area contributed by atoms with E-state index in [9.17, 15) is 4.79 Å². The molecule has 0 aliphatic carbocycles. The van der Waals surface area contributed by atoms with Crippen molar-refractivity contribution in [3.05, 3.63) is 22.4 Å². The molecule has 10 heteroatoms. The average Bonchev–Trinajstić information content (AvgIpc) is 3.12. The quantitative estimate of drug-likeness (QED) is 0.855. The van der Waals surface area contributed by atoms with Gasteiger partial charge in [0.1, 0.15) is 11.0 Å². The lowest BCUT2D eigenvalue weighted by Crippen LogP contribution is -2.49. The first-order valence-electron chi connectivity index (χ1n) is 6.50. The van der Waals surface area contributed by atoms with Crippen molar-refractivity contribution in [2.45, 2.75) is 6.04 Å². The zero-order valence-electron chi connectivity index (χ0n) is 11.5. The second-order valence-electron chi connectivity index (χ2n) is 4.72. The Balaban J connectivity index is 1.82. The van der Waals surface area contributed by atoms with E-state index in [0.29, 0.717) is 32.0 Å². The van der Waals surface area contributed by atoms with E-state index >= 15 is 0 Å². The lowest BCUT2D eigenvalue weighted by atomic mass is 10.2. The van der Waals surface area contributed by atoms with Gasteiger partial charge in [-0.3, -0.25) is 4.90 Å². The molecule has 1 unspecified atom stereocenters. The molecule has 0 bridgehead atoms. The molecule has 1 amide bonds. The highest BCUT2D eigenvalue weighted by atomic mass is 32.1. The summed E-state index contributed by atoms with van der Waals surface area (Å²) in [6, 6.07) is -0.172. The summed E-state index contributed by atoms with van der Waals surface area (Å²) in [7, 11) is 1.72. The highest BCUT2D eigenvalue weighted by molar-refractivity contribution is 7.09. The van der Waals surface area contributed by atoms with E-state index in [2.05, 4.69) is 25.3 Å². The number of thiazole rings is 1. The number of carboxylic acid groups (broad SMARTS) is 1. The number of amides is 1. The van der Waals surface area contributed by atoms with Crippen LogP contribution in [0.5, 0.6) is 0 Å². The molecule has 21 heavy (non-hydrogen) atoms. The van der Waals surface area contributed by atoms with Crippen molar-refractivity contribution in [2.24, 2.45) is 7.05 Å². The summed E-state index contributed by atoms with van der Waals surface area (Å²) in [4.78, 5) is 20.3. The molecular formula is C11H15N7O2S.